The minimum Gasteiger partial charge on any atom is -0.493 e. The Morgan fingerprint density at radius 1 is 1.22 bits per heavy atom. The maximum atomic E-state index is 12.3. The monoisotopic (exact) mass is 319 g/mol. The highest BCUT2D eigenvalue weighted by molar-refractivity contribution is 6.03. The molecule has 0 fully saturated rings. The Hall–Kier alpha value is -2.54. The van der Waals surface area contributed by atoms with Crippen LogP contribution in [-0.2, 0) is 11.8 Å². The number of carbonyl (C=O) groups is 1. The zero-order chi connectivity index (χ0) is 16.8. The van der Waals surface area contributed by atoms with Crippen LogP contribution in [0, 0.1) is 6.92 Å². The first-order chi connectivity index (χ1) is 11.0. The maximum absolute atomic E-state index is 12.3. The number of rotatable bonds is 7. The number of carbonyl (C=O) groups excluding carboxylic acids is 1. The van der Waals surface area contributed by atoms with Crippen LogP contribution in [0.25, 0.3) is 0 Å². The summed E-state index contributed by atoms with van der Waals surface area (Å²) in [6.07, 6.45) is 0. The smallest absolute Gasteiger partial charge is 0.273 e. The Balaban J connectivity index is 2.14. The molecule has 7 nitrogen and oxygen atoms in total. The Kier molecular flexibility index (Phi) is 5.59. The maximum Gasteiger partial charge on any atom is 0.273 e. The fourth-order valence-electron chi connectivity index (χ4n) is 2.12. The standard InChI is InChI=1S/C16H21N3O4/c1-11-9-13(19(2)18-11)16(20)17-12-5-6-14(22-4)15(10-12)23-8-7-21-3/h5-6,9-10H,7-8H2,1-4H3,(H,17,20). The van der Waals surface area contributed by atoms with Gasteiger partial charge in [-0.2, -0.15) is 5.10 Å². The third-order valence-electron chi connectivity index (χ3n) is 3.20. The molecular weight excluding hydrogens is 298 g/mol. The molecule has 2 aromatic rings. The normalized spacial score (nSPS) is 10.4. The van der Waals surface area contributed by atoms with Crippen LogP contribution in [0.4, 0.5) is 5.69 Å². The van der Waals surface area contributed by atoms with Gasteiger partial charge in [0.15, 0.2) is 11.5 Å². The summed E-state index contributed by atoms with van der Waals surface area (Å²) < 4.78 is 17.4. The van der Waals surface area contributed by atoms with E-state index in [-0.39, 0.29) is 5.91 Å². The predicted molar refractivity (Wildman–Crippen MR) is 86.3 cm³/mol. The number of methoxy groups -OCH3 is 2. The fourth-order valence-corrected chi connectivity index (χ4v) is 2.12. The zero-order valence-corrected chi connectivity index (χ0v) is 13.8. The van der Waals surface area contributed by atoms with Gasteiger partial charge in [0, 0.05) is 25.9 Å². The number of hydrogen-bond donors (Lipinski definition) is 1. The molecule has 0 aliphatic rings. The van der Waals surface area contributed by atoms with Gasteiger partial charge in [0.2, 0.25) is 0 Å². The molecule has 0 bridgehead atoms. The summed E-state index contributed by atoms with van der Waals surface area (Å²) in [6.45, 7) is 2.70. The van der Waals surface area contributed by atoms with Crippen LogP contribution in [-0.4, -0.2) is 43.1 Å². The number of aryl methyl sites for hydroxylation is 2. The molecule has 0 atom stereocenters. The second-order valence-corrected chi connectivity index (χ2v) is 4.96. The molecule has 0 radical (unpaired) electrons. The number of amides is 1. The van der Waals surface area contributed by atoms with Gasteiger partial charge in [-0.25, -0.2) is 0 Å². The van der Waals surface area contributed by atoms with E-state index >= 15 is 0 Å². The Morgan fingerprint density at radius 2 is 2.00 bits per heavy atom. The lowest BCUT2D eigenvalue weighted by molar-refractivity contribution is 0.101. The molecule has 124 valence electrons. The largest absolute Gasteiger partial charge is 0.493 e. The van der Waals surface area contributed by atoms with E-state index in [4.69, 9.17) is 14.2 Å². The second-order valence-electron chi connectivity index (χ2n) is 4.96. The fraction of sp³-hybridized carbons (Fsp3) is 0.375. The topological polar surface area (TPSA) is 74.6 Å². The molecular formula is C16H21N3O4. The summed E-state index contributed by atoms with van der Waals surface area (Å²) in [7, 11) is 4.90. The van der Waals surface area contributed by atoms with E-state index in [1.54, 1.807) is 50.2 Å². The van der Waals surface area contributed by atoms with E-state index in [1.807, 2.05) is 6.92 Å². The van der Waals surface area contributed by atoms with E-state index in [0.29, 0.717) is 36.1 Å². The quantitative estimate of drug-likeness (QED) is 0.790. The molecule has 1 aromatic heterocycles. The van der Waals surface area contributed by atoms with Crippen molar-refractivity contribution in [2.75, 3.05) is 32.8 Å². The van der Waals surface area contributed by atoms with Crippen LogP contribution >= 0.6 is 0 Å². The van der Waals surface area contributed by atoms with E-state index in [9.17, 15) is 4.79 Å². The predicted octanol–water partition coefficient (Wildman–Crippen LogP) is 2.01. The first-order valence-corrected chi connectivity index (χ1v) is 7.17. The number of benzene rings is 1. The summed E-state index contributed by atoms with van der Waals surface area (Å²) in [5.41, 5.74) is 1.89. The van der Waals surface area contributed by atoms with Crippen molar-refractivity contribution in [2.24, 2.45) is 7.05 Å². The number of nitrogens with zero attached hydrogens (tertiary/aromatic N) is 2. The molecule has 1 heterocycles. The summed E-state index contributed by atoms with van der Waals surface area (Å²) in [5, 5.41) is 6.99. The van der Waals surface area contributed by atoms with Crippen molar-refractivity contribution in [1.29, 1.82) is 0 Å². The van der Waals surface area contributed by atoms with Crippen LogP contribution in [0.1, 0.15) is 16.2 Å². The molecule has 7 heteroatoms. The summed E-state index contributed by atoms with van der Waals surface area (Å²) in [4.78, 5) is 12.3. The highest BCUT2D eigenvalue weighted by Crippen LogP contribution is 2.30. The Bertz CT molecular complexity index is 682. The van der Waals surface area contributed by atoms with Crippen molar-refractivity contribution in [3.05, 3.63) is 35.7 Å². The van der Waals surface area contributed by atoms with Crippen molar-refractivity contribution in [3.63, 3.8) is 0 Å². The third kappa shape index (κ3) is 4.23. The first-order valence-electron chi connectivity index (χ1n) is 7.17. The van der Waals surface area contributed by atoms with Crippen LogP contribution in [0.2, 0.25) is 0 Å². The van der Waals surface area contributed by atoms with Crippen LogP contribution in [0.15, 0.2) is 24.3 Å². The van der Waals surface area contributed by atoms with Crippen LogP contribution < -0.4 is 14.8 Å². The van der Waals surface area contributed by atoms with Gasteiger partial charge in [-0.1, -0.05) is 0 Å². The van der Waals surface area contributed by atoms with Crippen LogP contribution in [0.3, 0.4) is 0 Å². The van der Waals surface area contributed by atoms with Crippen molar-refractivity contribution in [1.82, 2.24) is 9.78 Å². The summed E-state index contributed by atoms with van der Waals surface area (Å²) >= 11 is 0. The van der Waals surface area contributed by atoms with Gasteiger partial charge in [-0.05, 0) is 25.1 Å². The van der Waals surface area contributed by atoms with Gasteiger partial charge in [-0.3, -0.25) is 9.48 Å². The zero-order valence-electron chi connectivity index (χ0n) is 13.8. The molecule has 2 rings (SSSR count). The van der Waals surface area contributed by atoms with Gasteiger partial charge in [0.05, 0.1) is 19.4 Å². The molecule has 23 heavy (non-hydrogen) atoms. The van der Waals surface area contributed by atoms with Crippen molar-refractivity contribution >= 4 is 11.6 Å². The number of ether oxygens (including phenoxy) is 3. The third-order valence-corrected chi connectivity index (χ3v) is 3.20. The van der Waals surface area contributed by atoms with Gasteiger partial charge < -0.3 is 19.5 Å². The number of anilines is 1. The average Bonchev–Trinajstić information content (AvgIpc) is 2.86. The molecule has 1 amide bonds. The number of hydrogen-bond acceptors (Lipinski definition) is 5. The van der Waals surface area contributed by atoms with Gasteiger partial charge in [0.1, 0.15) is 12.3 Å². The van der Waals surface area contributed by atoms with Gasteiger partial charge in [-0.15, -0.1) is 0 Å². The highest BCUT2D eigenvalue weighted by Gasteiger charge is 2.13. The summed E-state index contributed by atoms with van der Waals surface area (Å²) in [6, 6.07) is 6.94. The van der Waals surface area contributed by atoms with Crippen molar-refractivity contribution in [3.8, 4) is 11.5 Å². The minimum atomic E-state index is -0.235. The number of nitrogens with one attached hydrogen (secondary N) is 1. The molecule has 0 saturated heterocycles. The molecule has 1 aromatic carbocycles. The van der Waals surface area contributed by atoms with E-state index in [0.717, 1.165) is 5.69 Å². The molecule has 0 spiro atoms. The number of aromatic nitrogens is 2. The average molecular weight is 319 g/mol. The lowest BCUT2D eigenvalue weighted by atomic mass is 10.2. The molecule has 0 aliphatic carbocycles. The van der Waals surface area contributed by atoms with E-state index in [1.165, 1.54) is 0 Å². The molecule has 1 N–H and O–H groups in total. The lowest BCUT2D eigenvalue weighted by Crippen LogP contribution is -2.16. The Labute approximate surface area is 135 Å². The lowest BCUT2D eigenvalue weighted by Gasteiger charge is -2.12. The van der Waals surface area contributed by atoms with Crippen molar-refractivity contribution in [2.45, 2.75) is 6.92 Å². The molecule has 0 saturated carbocycles. The highest BCUT2D eigenvalue weighted by atomic mass is 16.5. The van der Waals surface area contributed by atoms with Crippen molar-refractivity contribution < 1.29 is 19.0 Å². The minimum absolute atomic E-state index is 0.235. The van der Waals surface area contributed by atoms with Gasteiger partial charge in [0.25, 0.3) is 5.91 Å². The molecule has 0 unspecified atom stereocenters. The second kappa shape index (κ2) is 7.64. The SMILES string of the molecule is COCCOc1cc(NC(=O)c2cc(C)nn2C)ccc1OC. The Morgan fingerprint density at radius 3 is 2.61 bits per heavy atom. The molecule has 0 aliphatic heterocycles. The van der Waals surface area contributed by atoms with Gasteiger partial charge >= 0.3 is 0 Å². The van der Waals surface area contributed by atoms with E-state index < -0.39 is 0 Å². The van der Waals surface area contributed by atoms with Crippen LogP contribution in [0.5, 0.6) is 11.5 Å². The van der Waals surface area contributed by atoms with E-state index in [2.05, 4.69) is 10.4 Å². The first kappa shape index (κ1) is 16.8. The summed E-state index contributed by atoms with van der Waals surface area (Å²) in [5.74, 6) is 0.903.